The summed E-state index contributed by atoms with van der Waals surface area (Å²) < 4.78 is 6.06. The number of piperidine rings is 1. The van der Waals surface area contributed by atoms with E-state index in [0.717, 1.165) is 50.5 Å². The van der Waals surface area contributed by atoms with Gasteiger partial charge >= 0.3 is 0 Å². The lowest BCUT2D eigenvalue weighted by atomic mass is 9.81. The number of anilines is 1. The second kappa shape index (κ2) is 8.22. The van der Waals surface area contributed by atoms with Crippen molar-refractivity contribution in [3.8, 4) is 5.75 Å². The van der Waals surface area contributed by atoms with Crippen molar-refractivity contribution < 1.29 is 9.53 Å². The molecule has 1 fully saturated rings. The second-order valence-corrected chi connectivity index (χ2v) is 7.91. The van der Waals surface area contributed by atoms with Gasteiger partial charge in [0, 0.05) is 13.0 Å². The topological polar surface area (TPSA) is 41.6 Å². The molecule has 2 aliphatic rings. The van der Waals surface area contributed by atoms with Gasteiger partial charge in [-0.1, -0.05) is 26.8 Å². The third-order valence-electron chi connectivity index (χ3n) is 5.65. The summed E-state index contributed by atoms with van der Waals surface area (Å²) >= 11 is 0. The minimum atomic E-state index is 0.131. The SMILES string of the molecule is CCCN1CC[C@H]2CC(=O)Nc3cc(C(C)C)ccc3OCC[C@H]2C1. The number of hydrogen-bond acceptors (Lipinski definition) is 3. The van der Waals surface area contributed by atoms with Gasteiger partial charge in [-0.05, 0) is 67.8 Å². The molecule has 0 bridgehead atoms. The van der Waals surface area contributed by atoms with Crippen molar-refractivity contribution in [3.63, 3.8) is 0 Å². The predicted octanol–water partition coefficient (Wildman–Crippen LogP) is 4.27. The van der Waals surface area contributed by atoms with Gasteiger partial charge in [0.1, 0.15) is 5.75 Å². The number of benzene rings is 1. The fourth-order valence-electron chi connectivity index (χ4n) is 4.16. The number of carbonyl (C=O) groups is 1. The molecule has 4 nitrogen and oxygen atoms in total. The summed E-state index contributed by atoms with van der Waals surface area (Å²) in [6.45, 7) is 10.7. The molecule has 1 aromatic carbocycles. The van der Waals surface area contributed by atoms with E-state index >= 15 is 0 Å². The fourth-order valence-corrected chi connectivity index (χ4v) is 4.16. The van der Waals surface area contributed by atoms with Gasteiger partial charge < -0.3 is 15.0 Å². The molecule has 1 amide bonds. The summed E-state index contributed by atoms with van der Waals surface area (Å²) in [4.78, 5) is 15.2. The van der Waals surface area contributed by atoms with Crippen LogP contribution in [0.5, 0.6) is 5.75 Å². The molecule has 0 saturated carbocycles. The standard InChI is InChI=1S/C21H32N2O2/c1-4-9-23-10-7-17-13-21(24)22-19-12-16(15(2)3)5-6-20(19)25-11-8-18(17)14-23/h5-6,12,15,17-18H,4,7-11,13-14H2,1-3H3,(H,22,24)/t17-,18-/m0/s1. The zero-order valence-electron chi connectivity index (χ0n) is 15.9. The van der Waals surface area contributed by atoms with Crippen LogP contribution in [-0.4, -0.2) is 37.0 Å². The molecule has 0 aliphatic carbocycles. The second-order valence-electron chi connectivity index (χ2n) is 7.91. The van der Waals surface area contributed by atoms with Gasteiger partial charge in [0.2, 0.25) is 5.91 Å². The molecule has 2 aliphatic heterocycles. The molecule has 1 N–H and O–H groups in total. The maximum atomic E-state index is 12.6. The highest BCUT2D eigenvalue weighted by atomic mass is 16.5. The Morgan fingerprint density at radius 2 is 2.12 bits per heavy atom. The summed E-state index contributed by atoms with van der Waals surface area (Å²) in [6.07, 6.45) is 3.98. The molecule has 4 heteroatoms. The zero-order valence-corrected chi connectivity index (χ0v) is 15.9. The van der Waals surface area contributed by atoms with Crippen LogP contribution in [0.2, 0.25) is 0 Å². The smallest absolute Gasteiger partial charge is 0.224 e. The van der Waals surface area contributed by atoms with Crippen molar-refractivity contribution in [2.24, 2.45) is 11.8 Å². The van der Waals surface area contributed by atoms with Crippen LogP contribution in [0.25, 0.3) is 0 Å². The summed E-state index contributed by atoms with van der Waals surface area (Å²) in [7, 11) is 0. The maximum absolute atomic E-state index is 12.6. The molecule has 0 unspecified atom stereocenters. The molecular weight excluding hydrogens is 312 g/mol. The number of amides is 1. The first-order valence-electron chi connectivity index (χ1n) is 9.85. The van der Waals surface area contributed by atoms with E-state index in [2.05, 4.69) is 43.1 Å². The van der Waals surface area contributed by atoms with Crippen molar-refractivity contribution >= 4 is 11.6 Å². The molecule has 0 radical (unpaired) electrons. The lowest BCUT2D eigenvalue weighted by Gasteiger charge is -2.39. The molecule has 0 spiro atoms. The number of nitrogens with zero attached hydrogens (tertiary/aromatic N) is 1. The summed E-state index contributed by atoms with van der Waals surface area (Å²) in [5.41, 5.74) is 2.06. The Bertz CT molecular complexity index is 600. The molecule has 138 valence electrons. The number of fused-ring (bicyclic) bond motifs is 2. The van der Waals surface area contributed by atoms with E-state index in [1.807, 2.05) is 6.07 Å². The number of nitrogens with one attached hydrogen (secondary N) is 1. The number of rotatable bonds is 3. The molecule has 1 saturated heterocycles. The zero-order chi connectivity index (χ0) is 17.8. The highest BCUT2D eigenvalue weighted by Crippen LogP contribution is 2.34. The maximum Gasteiger partial charge on any atom is 0.224 e. The Morgan fingerprint density at radius 3 is 2.88 bits per heavy atom. The van der Waals surface area contributed by atoms with Crippen LogP contribution in [0.15, 0.2) is 18.2 Å². The van der Waals surface area contributed by atoms with Crippen molar-refractivity contribution in [1.82, 2.24) is 4.90 Å². The molecule has 0 aromatic heterocycles. The Hall–Kier alpha value is -1.55. The Balaban J connectivity index is 1.76. The van der Waals surface area contributed by atoms with Gasteiger partial charge in [-0.2, -0.15) is 0 Å². The van der Waals surface area contributed by atoms with Crippen molar-refractivity contribution in [2.45, 2.75) is 52.4 Å². The number of hydrogen-bond donors (Lipinski definition) is 1. The molecule has 25 heavy (non-hydrogen) atoms. The summed E-state index contributed by atoms with van der Waals surface area (Å²) in [5, 5.41) is 3.12. The monoisotopic (exact) mass is 344 g/mol. The molecule has 1 aromatic rings. The van der Waals surface area contributed by atoms with Crippen LogP contribution in [-0.2, 0) is 4.79 Å². The van der Waals surface area contributed by atoms with Crippen molar-refractivity contribution in [2.75, 3.05) is 31.6 Å². The number of likely N-dealkylation sites (tertiary alicyclic amines) is 1. The summed E-state index contributed by atoms with van der Waals surface area (Å²) in [5.74, 6) is 2.41. The molecular formula is C21H32N2O2. The summed E-state index contributed by atoms with van der Waals surface area (Å²) in [6, 6.07) is 6.18. The quantitative estimate of drug-likeness (QED) is 0.890. The van der Waals surface area contributed by atoms with E-state index in [1.54, 1.807) is 0 Å². The van der Waals surface area contributed by atoms with Gasteiger partial charge in [-0.25, -0.2) is 0 Å². The average molecular weight is 344 g/mol. The number of ether oxygens (including phenoxy) is 1. The van der Waals surface area contributed by atoms with Gasteiger partial charge in [0.05, 0.1) is 12.3 Å². The first-order chi connectivity index (χ1) is 12.1. The van der Waals surface area contributed by atoms with Crippen LogP contribution in [0.4, 0.5) is 5.69 Å². The predicted molar refractivity (Wildman–Crippen MR) is 102 cm³/mol. The fraction of sp³-hybridized carbons (Fsp3) is 0.667. The van der Waals surface area contributed by atoms with E-state index < -0.39 is 0 Å². The van der Waals surface area contributed by atoms with E-state index in [-0.39, 0.29) is 5.91 Å². The number of carbonyl (C=O) groups excluding carboxylic acids is 1. The Kier molecular flexibility index (Phi) is 6.00. The third-order valence-corrected chi connectivity index (χ3v) is 5.65. The molecule has 2 heterocycles. The van der Waals surface area contributed by atoms with Crippen LogP contribution in [0.1, 0.15) is 57.9 Å². The Labute approximate surface area is 151 Å². The van der Waals surface area contributed by atoms with Crippen LogP contribution in [0, 0.1) is 11.8 Å². The van der Waals surface area contributed by atoms with E-state index in [0.29, 0.717) is 24.2 Å². The van der Waals surface area contributed by atoms with Gasteiger partial charge in [-0.3, -0.25) is 4.79 Å². The minimum Gasteiger partial charge on any atom is -0.491 e. The van der Waals surface area contributed by atoms with Crippen molar-refractivity contribution in [1.29, 1.82) is 0 Å². The van der Waals surface area contributed by atoms with E-state index in [9.17, 15) is 4.79 Å². The minimum absolute atomic E-state index is 0.131. The average Bonchev–Trinajstić information content (AvgIpc) is 2.58. The highest BCUT2D eigenvalue weighted by Gasteiger charge is 2.31. The van der Waals surface area contributed by atoms with Crippen LogP contribution in [0.3, 0.4) is 0 Å². The lowest BCUT2D eigenvalue weighted by molar-refractivity contribution is -0.118. The first kappa shape index (κ1) is 18.2. The van der Waals surface area contributed by atoms with Crippen molar-refractivity contribution in [3.05, 3.63) is 23.8 Å². The van der Waals surface area contributed by atoms with Crippen LogP contribution >= 0.6 is 0 Å². The lowest BCUT2D eigenvalue weighted by Crippen LogP contribution is -2.42. The van der Waals surface area contributed by atoms with E-state index in [4.69, 9.17) is 4.74 Å². The van der Waals surface area contributed by atoms with E-state index in [1.165, 1.54) is 12.0 Å². The highest BCUT2D eigenvalue weighted by molar-refractivity contribution is 5.92. The Morgan fingerprint density at radius 1 is 1.28 bits per heavy atom. The van der Waals surface area contributed by atoms with Gasteiger partial charge in [0.25, 0.3) is 0 Å². The van der Waals surface area contributed by atoms with Gasteiger partial charge in [-0.15, -0.1) is 0 Å². The van der Waals surface area contributed by atoms with Gasteiger partial charge in [0.15, 0.2) is 0 Å². The normalized spacial score (nSPS) is 24.9. The molecule has 2 atom stereocenters. The third kappa shape index (κ3) is 4.55. The van der Waals surface area contributed by atoms with Crippen LogP contribution < -0.4 is 10.1 Å². The molecule has 3 rings (SSSR count). The largest absolute Gasteiger partial charge is 0.491 e. The first-order valence-corrected chi connectivity index (χ1v) is 9.85.